The largest absolute Gasteiger partial charge is 0.317 e. The fourth-order valence-electron chi connectivity index (χ4n) is 2.16. The molecule has 0 radical (unpaired) electrons. The first-order chi connectivity index (χ1) is 7.43. The molecule has 2 heteroatoms. The third-order valence-corrected chi connectivity index (χ3v) is 2.95. The van der Waals surface area contributed by atoms with Crippen LogP contribution in [0.3, 0.4) is 0 Å². The van der Waals surface area contributed by atoms with Crippen molar-refractivity contribution in [3.05, 3.63) is 35.6 Å². The van der Waals surface area contributed by atoms with Crippen molar-refractivity contribution in [1.82, 2.24) is 5.32 Å². The molecule has 1 atom stereocenters. The molecule has 0 spiro atoms. The molecule has 0 aliphatic rings. The topological polar surface area (TPSA) is 12.0 Å². The smallest absolute Gasteiger partial charge is 0.123 e. The van der Waals surface area contributed by atoms with E-state index in [4.69, 9.17) is 0 Å². The predicted molar refractivity (Wildman–Crippen MR) is 67.0 cm³/mol. The summed E-state index contributed by atoms with van der Waals surface area (Å²) in [6.45, 7) is 6.70. The maximum absolute atomic E-state index is 12.8. The molecule has 0 bridgehead atoms. The van der Waals surface area contributed by atoms with Gasteiger partial charge in [-0.1, -0.05) is 26.0 Å². The Morgan fingerprint density at radius 3 is 2.31 bits per heavy atom. The van der Waals surface area contributed by atoms with Gasteiger partial charge in [0.25, 0.3) is 0 Å². The molecular formula is C14H22FN. The van der Waals surface area contributed by atoms with E-state index >= 15 is 0 Å². The Morgan fingerprint density at radius 1 is 1.25 bits per heavy atom. The molecule has 16 heavy (non-hydrogen) atoms. The molecule has 1 unspecified atom stereocenters. The highest BCUT2D eigenvalue weighted by Crippen LogP contribution is 2.27. The Bertz CT molecular complexity index is 316. The molecule has 0 aliphatic heterocycles. The van der Waals surface area contributed by atoms with Gasteiger partial charge in [0.1, 0.15) is 5.82 Å². The van der Waals surface area contributed by atoms with E-state index in [0.29, 0.717) is 6.04 Å². The van der Waals surface area contributed by atoms with Crippen LogP contribution in [0.15, 0.2) is 24.3 Å². The van der Waals surface area contributed by atoms with Crippen molar-refractivity contribution in [3.8, 4) is 0 Å². The summed E-state index contributed by atoms with van der Waals surface area (Å²) in [6.07, 6.45) is 2.10. The van der Waals surface area contributed by atoms with Crippen molar-refractivity contribution in [2.24, 2.45) is 5.41 Å². The lowest BCUT2D eigenvalue weighted by Crippen LogP contribution is -2.29. The van der Waals surface area contributed by atoms with Gasteiger partial charge in [-0.05, 0) is 49.9 Å². The zero-order chi connectivity index (χ0) is 12.2. The Balaban J connectivity index is 2.61. The quantitative estimate of drug-likeness (QED) is 0.806. The normalized spacial score (nSPS) is 13.8. The zero-order valence-electron chi connectivity index (χ0n) is 10.7. The van der Waals surface area contributed by atoms with Crippen LogP contribution in [0.1, 0.15) is 32.8 Å². The molecule has 90 valence electrons. The summed E-state index contributed by atoms with van der Waals surface area (Å²) >= 11 is 0. The van der Waals surface area contributed by atoms with E-state index in [9.17, 15) is 4.39 Å². The van der Waals surface area contributed by atoms with Gasteiger partial charge in [0.2, 0.25) is 0 Å². The van der Waals surface area contributed by atoms with Crippen LogP contribution in [0.2, 0.25) is 0 Å². The highest BCUT2D eigenvalue weighted by atomic mass is 19.1. The lowest BCUT2D eigenvalue weighted by molar-refractivity contribution is 0.293. The molecule has 0 saturated carbocycles. The third-order valence-electron chi connectivity index (χ3n) is 2.95. The van der Waals surface area contributed by atoms with Gasteiger partial charge in [0, 0.05) is 6.04 Å². The van der Waals surface area contributed by atoms with Crippen LogP contribution < -0.4 is 5.32 Å². The fraction of sp³-hybridized carbons (Fsp3) is 0.571. The van der Waals surface area contributed by atoms with E-state index in [-0.39, 0.29) is 11.2 Å². The Hall–Kier alpha value is -0.890. The van der Waals surface area contributed by atoms with Crippen LogP contribution in [0.25, 0.3) is 0 Å². The summed E-state index contributed by atoms with van der Waals surface area (Å²) in [5, 5.41) is 3.26. The Kier molecular flexibility index (Phi) is 4.48. The van der Waals surface area contributed by atoms with Crippen molar-refractivity contribution in [1.29, 1.82) is 0 Å². The molecule has 1 aromatic rings. The van der Waals surface area contributed by atoms with E-state index in [1.54, 1.807) is 0 Å². The molecule has 0 amide bonds. The lowest BCUT2D eigenvalue weighted by Gasteiger charge is -2.28. The van der Waals surface area contributed by atoms with Gasteiger partial charge >= 0.3 is 0 Å². The van der Waals surface area contributed by atoms with Crippen molar-refractivity contribution < 1.29 is 4.39 Å². The summed E-state index contributed by atoms with van der Waals surface area (Å²) in [4.78, 5) is 0. The molecule has 1 aromatic carbocycles. The summed E-state index contributed by atoms with van der Waals surface area (Å²) < 4.78 is 12.8. The third kappa shape index (κ3) is 4.31. The summed E-state index contributed by atoms with van der Waals surface area (Å²) in [6, 6.07) is 7.33. The van der Waals surface area contributed by atoms with Crippen molar-refractivity contribution in [2.45, 2.75) is 39.7 Å². The number of nitrogens with one attached hydrogen (secondary N) is 1. The molecule has 1 N–H and O–H groups in total. The van der Waals surface area contributed by atoms with E-state index < -0.39 is 0 Å². The van der Waals surface area contributed by atoms with E-state index in [2.05, 4.69) is 26.1 Å². The van der Waals surface area contributed by atoms with Crippen molar-refractivity contribution >= 4 is 0 Å². The molecule has 0 aromatic heterocycles. The molecule has 0 heterocycles. The number of hydrogen-bond donors (Lipinski definition) is 1. The highest BCUT2D eigenvalue weighted by molar-refractivity contribution is 5.17. The van der Waals surface area contributed by atoms with Gasteiger partial charge < -0.3 is 5.32 Å². The summed E-state index contributed by atoms with van der Waals surface area (Å²) in [7, 11) is 1.98. The van der Waals surface area contributed by atoms with Crippen LogP contribution >= 0.6 is 0 Å². The van der Waals surface area contributed by atoms with Crippen LogP contribution in [-0.2, 0) is 6.42 Å². The maximum atomic E-state index is 12.8. The Labute approximate surface area is 98.1 Å². The average Bonchev–Trinajstić information content (AvgIpc) is 2.20. The summed E-state index contributed by atoms with van der Waals surface area (Å²) in [5.74, 6) is -0.162. The number of halogens is 1. The zero-order valence-corrected chi connectivity index (χ0v) is 10.7. The lowest BCUT2D eigenvalue weighted by atomic mass is 9.80. The molecule has 1 nitrogen and oxygen atoms in total. The SMILES string of the molecule is CNC(C)CC(C)(C)Cc1ccc(F)cc1. The van der Waals surface area contributed by atoms with Gasteiger partial charge in [0.15, 0.2) is 0 Å². The first-order valence-electron chi connectivity index (χ1n) is 5.85. The standard InChI is InChI=1S/C14H22FN/c1-11(16-4)9-14(2,3)10-12-5-7-13(15)8-6-12/h5-8,11,16H,9-10H2,1-4H3. The van der Waals surface area contributed by atoms with Crippen molar-refractivity contribution in [2.75, 3.05) is 7.05 Å². The molecule has 0 fully saturated rings. The molecule has 1 rings (SSSR count). The first kappa shape index (κ1) is 13.2. The van der Waals surface area contributed by atoms with E-state index in [0.717, 1.165) is 12.8 Å². The van der Waals surface area contributed by atoms with Crippen LogP contribution in [0.5, 0.6) is 0 Å². The molecule has 0 saturated heterocycles. The Morgan fingerprint density at radius 2 is 1.81 bits per heavy atom. The number of rotatable bonds is 5. The fourth-order valence-corrected chi connectivity index (χ4v) is 2.16. The van der Waals surface area contributed by atoms with Gasteiger partial charge in [0.05, 0.1) is 0 Å². The van der Waals surface area contributed by atoms with E-state index in [1.165, 1.54) is 17.7 Å². The second-order valence-corrected chi connectivity index (χ2v) is 5.36. The van der Waals surface area contributed by atoms with Gasteiger partial charge in [-0.25, -0.2) is 4.39 Å². The minimum absolute atomic E-state index is 0.162. The second-order valence-electron chi connectivity index (χ2n) is 5.36. The number of hydrogen-bond acceptors (Lipinski definition) is 1. The van der Waals surface area contributed by atoms with Crippen molar-refractivity contribution in [3.63, 3.8) is 0 Å². The molecular weight excluding hydrogens is 201 g/mol. The van der Waals surface area contributed by atoms with Crippen LogP contribution in [0.4, 0.5) is 4.39 Å². The predicted octanol–water partition coefficient (Wildman–Crippen LogP) is 3.39. The van der Waals surface area contributed by atoms with Gasteiger partial charge in [-0.15, -0.1) is 0 Å². The minimum atomic E-state index is -0.162. The average molecular weight is 223 g/mol. The second kappa shape index (κ2) is 5.44. The minimum Gasteiger partial charge on any atom is -0.317 e. The molecule has 0 aliphatic carbocycles. The monoisotopic (exact) mass is 223 g/mol. The summed E-state index contributed by atoms with van der Waals surface area (Å²) in [5.41, 5.74) is 1.44. The van der Waals surface area contributed by atoms with E-state index in [1.807, 2.05) is 19.2 Å². The van der Waals surface area contributed by atoms with Gasteiger partial charge in [-0.3, -0.25) is 0 Å². The van der Waals surface area contributed by atoms with Crippen LogP contribution in [0, 0.1) is 11.2 Å². The van der Waals surface area contributed by atoms with Gasteiger partial charge in [-0.2, -0.15) is 0 Å². The number of benzene rings is 1. The maximum Gasteiger partial charge on any atom is 0.123 e. The van der Waals surface area contributed by atoms with Crippen LogP contribution in [-0.4, -0.2) is 13.1 Å². The first-order valence-corrected chi connectivity index (χ1v) is 5.85. The highest BCUT2D eigenvalue weighted by Gasteiger charge is 2.20.